The molecule has 0 aromatic heterocycles. The zero-order chi connectivity index (χ0) is 10.9. The number of hydrogen-bond acceptors (Lipinski definition) is 2. The minimum atomic E-state index is -0.0803. The van der Waals surface area contributed by atoms with Gasteiger partial charge in [-0.05, 0) is 18.9 Å². The number of nitrogens with two attached hydrogens (primary N) is 1. The second kappa shape index (κ2) is 3.78. The number of carbonyl (C=O) groups excluding carboxylic acids is 1. The van der Waals surface area contributed by atoms with Gasteiger partial charge in [0.2, 0.25) is 0 Å². The highest BCUT2D eigenvalue weighted by Crippen LogP contribution is 2.38. The molecular weight excluding hydrogens is 186 g/mol. The molecular formula is C13H17NO. The Kier molecular flexibility index (Phi) is 2.61. The fourth-order valence-corrected chi connectivity index (χ4v) is 2.45. The first kappa shape index (κ1) is 10.4. The number of aryl methyl sites for hydroxylation is 1. The van der Waals surface area contributed by atoms with Crippen LogP contribution in [0.5, 0.6) is 0 Å². The molecule has 0 amide bonds. The van der Waals surface area contributed by atoms with Crippen LogP contribution in [0, 0.1) is 6.92 Å². The third-order valence-electron chi connectivity index (χ3n) is 3.44. The van der Waals surface area contributed by atoms with Crippen molar-refractivity contribution in [2.24, 2.45) is 5.73 Å². The quantitative estimate of drug-likeness (QED) is 0.798. The summed E-state index contributed by atoms with van der Waals surface area (Å²) >= 11 is 0. The summed E-state index contributed by atoms with van der Waals surface area (Å²) in [6.45, 7) is 2.65. The molecule has 1 aromatic carbocycles. The number of hydrogen-bond donors (Lipinski definition) is 1. The lowest BCUT2D eigenvalue weighted by molar-refractivity contribution is -0.117. The lowest BCUT2D eigenvalue weighted by Crippen LogP contribution is -2.32. The zero-order valence-corrected chi connectivity index (χ0v) is 9.12. The molecule has 1 aliphatic carbocycles. The molecule has 0 heterocycles. The van der Waals surface area contributed by atoms with E-state index >= 15 is 0 Å². The van der Waals surface area contributed by atoms with Crippen LogP contribution in [0.2, 0.25) is 0 Å². The van der Waals surface area contributed by atoms with Crippen LogP contribution in [-0.2, 0) is 10.2 Å². The van der Waals surface area contributed by atoms with Gasteiger partial charge in [-0.1, -0.05) is 29.8 Å². The van der Waals surface area contributed by atoms with Crippen LogP contribution in [0.3, 0.4) is 0 Å². The Labute approximate surface area is 90.5 Å². The van der Waals surface area contributed by atoms with E-state index in [1.807, 2.05) is 6.07 Å². The normalized spacial score (nSPS) is 25.9. The van der Waals surface area contributed by atoms with Gasteiger partial charge in [-0.2, -0.15) is 0 Å². The van der Waals surface area contributed by atoms with Gasteiger partial charge in [0.15, 0.2) is 0 Å². The van der Waals surface area contributed by atoms with Gasteiger partial charge in [-0.15, -0.1) is 0 Å². The molecule has 1 aromatic rings. The molecule has 1 atom stereocenters. The number of benzene rings is 1. The van der Waals surface area contributed by atoms with E-state index < -0.39 is 0 Å². The molecule has 0 saturated heterocycles. The van der Waals surface area contributed by atoms with Gasteiger partial charge in [0.25, 0.3) is 0 Å². The summed E-state index contributed by atoms with van der Waals surface area (Å²) in [5, 5.41) is 0. The fourth-order valence-electron chi connectivity index (χ4n) is 2.45. The zero-order valence-electron chi connectivity index (χ0n) is 9.12. The summed E-state index contributed by atoms with van der Waals surface area (Å²) in [6.07, 6.45) is 2.21. The van der Waals surface area contributed by atoms with E-state index in [0.29, 0.717) is 25.2 Å². The van der Waals surface area contributed by atoms with Crippen molar-refractivity contribution in [3.8, 4) is 0 Å². The maximum absolute atomic E-state index is 11.4. The van der Waals surface area contributed by atoms with Crippen LogP contribution in [0.4, 0.5) is 0 Å². The van der Waals surface area contributed by atoms with E-state index in [-0.39, 0.29) is 5.41 Å². The standard InChI is InChI=1S/C13H17NO/c1-10-3-2-4-11(7-10)13(9-14)6-5-12(15)8-13/h2-4,7H,5-6,8-9,14H2,1H3. The van der Waals surface area contributed by atoms with Crippen LogP contribution in [0.1, 0.15) is 30.4 Å². The average Bonchev–Trinajstić information content (AvgIpc) is 2.61. The highest BCUT2D eigenvalue weighted by atomic mass is 16.1. The minimum absolute atomic E-state index is 0.0803. The predicted molar refractivity (Wildman–Crippen MR) is 60.8 cm³/mol. The maximum atomic E-state index is 11.4. The number of Topliss-reactive ketones (excluding diaryl/α,β-unsaturated/α-hetero) is 1. The topological polar surface area (TPSA) is 43.1 Å². The molecule has 2 heteroatoms. The van der Waals surface area contributed by atoms with Crippen molar-refractivity contribution in [2.45, 2.75) is 31.6 Å². The molecule has 0 aliphatic heterocycles. The van der Waals surface area contributed by atoms with Crippen LogP contribution >= 0.6 is 0 Å². The Morgan fingerprint density at radius 1 is 1.47 bits per heavy atom. The molecule has 15 heavy (non-hydrogen) atoms. The maximum Gasteiger partial charge on any atom is 0.133 e. The fraction of sp³-hybridized carbons (Fsp3) is 0.462. The number of carbonyl (C=O) groups is 1. The van der Waals surface area contributed by atoms with Crippen LogP contribution < -0.4 is 5.73 Å². The van der Waals surface area contributed by atoms with Crippen molar-refractivity contribution in [1.29, 1.82) is 0 Å². The Balaban J connectivity index is 2.38. The Morgan fingerprint density at radius 2 is 2.27 bits per heavy atom. The Morgan fingerprint density at radius 3 is 2.80 bits per heavy atom. The molecule has 1 saturated carbocycles. The lowest BCUT2D eigenvalue weighted by atomic mass is 9.78. The minimum Gasteiger partial charge on any atom is -0.330 e. The van der Waals surface area contributed by atoms with Gasteiger partial charge >= 0.3 is 0 Å². The monoisotopic (exact) mass is 203 g/mol. The number of rotatable bonds is 2. The van der Waals surface area contributed by atoms with Gasteiger partial charge in [0.05, 0.1) is 0 Å². The lowest BCUT2D eigenvalue weighted by Gasteiger charge is -2.27. The van der Waals surface area contributed by atoms with Gasteiger partial charge in [-0.3, -0.25) is 4.79 Å². The summed E-state index contributed by atoms with van der Waals surface area (Å²) in [7, 11) is 0. The van der Waals surface area contributed by atoms with E-state index in [2.05, 4.69) is 25.1 Å². The molecule has 0 radical (unpaired) electrons. The van der Waals surface area contributed by atoms with Crippen LogP contribution in [-0.4, -0.2) is 12.3 Å². The van der Waals surface area contributed by atoms with Gasteiger partial charge in [-0.25, -0.2) is 0 Å². The van der Waals surface area contributed by atoms with Gasteiger partial charge in [0, 0.05) is 24.8 Å². The van der Waals surface area contributed by atoms with Crippen molar-refractivity contribution >= 4 is 5.78 Å². The SMILES string of the molecule is Cc1cccc(C2(CN)CCC(=O)C2)c1. The first-order chi connectivity index (χ1) is 7.16. The van der Waals surface area contributed by atoms with Gasteiger partial charge in [0.1, 0.15) is 5.78 Å². The number of ketones is 1. The molecule has 2 nitrogen and oxygen atoms in total. The van der Waals surface area contributed by atoms with Crippen molar-refractivity contribution in [3.05, 3.63) is 35.4 Å². The molecule has 80 valence electrons. The molecule has 1 fully saturated rings. The Bertz CT molecular complexity index is 386. The van der Waals surface area contributed by atoms with E-state index in [0.717, 1.165) is 6.42 Å². The average molecular weight is 203 g/mol. The molecule has 0 bridgehead atoms. The second-order valence-electron chi connectivity index (χ2n) is 4.57. The van der Waals surface area contributed by atoms with E-state index in [4.69, 9.17) is 5.73 Å². The highest BCUT2D eigenvalue weighted by Gasteiger charge is 2.38. The van der Waals surface area contributed by atoms with Crippen molar-refractivity contribution in [1.82, 2.24) is 0 Å². The van der Waals surface area contributed by atoms with Crippen LogP contribution in [0.25, 0.3) is 0 Å². The third kappa shape index (κ3) is 1.82. The summed E-state index contributed by atoms with van der Waals surface area (Å²) < 4.78 is 0. The van der Waals surface area contributed by atoms with Crippen LogP contribution in [0.15, 0.2) is 24.3 Å². The van der Waals surface area contributed by atoms with Crippen molar-refractivity contribution in [3.63, 3.8) is 0 Å². The molecule has 2 rings (SSSR count). The van der Waals surface area contributed by atoms with Gasteiger partial charge < -0.3 is 5.73 Å². The summed E-state index contributed by atoms with van der Waals surface area (Å²) in [5.74, 6) is 0.349. The third-order valence-corrected chi connectivity index (χ3v) is 3.44. The van der Waals surface area contributed by atoms with Crippen molar-refractivity contribution < 1.29 is 4.79 Å². The highest BCUT2D eigenvalue weighted by molar-refractivity contribution is 5.83. The predicted octanol–water partition coefficient (Wildman–Crippen LogP) is 1.94. The molecule has 1 unspecified atom stereocenters. The molecule has 2 N–H and O–H groups in total. The first-order valence-electron chi connectivity index (χ1n) is 5.45. The van der Waals surface area contributed by atoms with Crippen molar-refractivity contribution in [2.75, 3.05) is 6.54 Å². The summed E-state index contributed by atoms with van der Waals surface area (Å²) in [4.78, 5) is 11.4. The van der Waals surface area contributed by atoms with E-state index in [1.165, 1.54) is 11.1 Å². The summed E-state index contributed by atoms with van der Waals surface area (Å²) in [6, 6.07) is 8.37. The smallest absolute Gasteiger partial charge is 0.133 e. The van der Waals surface area contributed by atoms with E-state index in [1.54, 1.807) is 0 Å². The molecule has 1 aliphatic rings. The largest absolute Gasteiger partial charge is 0.330 e. The summed E-state index contributed by atoms with van der Waals surface area (Å²) in [5.41, 5.74) is 8.25. The molecule has 0 spiro atoms. The second-order valence-corrected chi connectivity index (χ2v) is 4.57. The Hall–Kier alpha value is -1.15. The van der Waals surface area contributed by atoms with E-state index in [9.17, 15) is 4.79 Å². The first-order valence-corrected chi connectivity index (χ1v) is 5.45.